The van der Waals surface area contributed by atoms with Crippen LogP contribution in [-0.2, 0) is 9.59 Å². The first-order chi connectivity index (χ1) is 9.60. The van der Waals surface area contributed by atoms with Crippen LogP contribution >= 0.6 is 0 Å². The van der Waals surface area contributed by atoms with E-state index in [9.17, 15) is 14.4 Å². The number of hydrogen-bond acceptors (Lipinski definition) is 6. The number of anilines is 1. The maximum absolute atomic E-state index is 12.0. The number of carbonyl (C=O) groups excluding carboxylic acids is 3. The maximum atomic E-state index is 12.0. The molecule has 0 saturated carbocycles. The molecule has 1 aliphatic rings. The van der Waals surface area contributed by atoms with Crippen molar-refractivity contribution < 1.29 is 14.4 Å². The van der Waals surface area contributed by atoms with Gasteiger partial charge in [0, 0.05) is 13.0 Å². The quantitative estimate of drug-likeness (QED) is 0.636. The zero-order valence-electron chi connectivity index (χ0n) is 11.0. The highest BCUT2D eigenvalue weighted by atomic mass is 16.2. The molecule has 0 aromatic carbocycles. The largest absolute Gasteiger partial charge is 0.369 e. The molecule has 3 N–H and O–H groups in total. The second-order valence-electron chi connectivity index (χ2n) is 4.30. The van der Waals surface area contributed by atoms with E-state index in [0.29, 0.717) is 12.4 Å². The van der Waals surface area contributed by atoms with Crippen LogP contribution in [-0.4, -0.2) is 40.3 Å². The zero-order chi connectivity index (χ0) is 14.5. The second kappa shape index (κ2) is 6.09. The summed E-state index contributed by atoms with van der Waals surface area (Å²) in [5.74, 6) is -0.824. The summed E-state index contributed by atoms with van der Waals surface area (Å²) in [6.07, 6.45) is 3.32. The third-order valence-electron chi connectivity index (χ3n) is 2.77. The summed E-state index contributed by atoms with van der Waals surface area (Å²) in [6, 6.07) is -0.718. The number of carbonyl (C=O) groups is 3. The van der Waals surface area contributed by atoms with Crippen LogP contribution in [0.4, 0.5) is 5.82 Å². The van der Waals surface area contributed by atoms with E-state index in [1.165, 1.54) is 12.4 Å². The van der Waals surface area contributed by atoms with Gasteiger partial charge in [-0.1, -0.05) is 0 Å². The lowest BCUT2D eigenvalue weighted by molar-refractivity contribution is -0.134. The monoisotopic (exact) mass is 277 g/mol. The summed E-state index contributed by atoms with van der Waals surface area (Å²) < 4.78 is 0. The Bertz CT molecular complexity index is 546. The van der Waals surface area contributed by atoms with Gasteiger partial charge in [0.2, 0.25) is 11.8 Å². The summed E-state index contributed by atoms with van der Waals surface area (Å²) >= 11 is 0. The summed E-state index contributed by atoms with van der Waals surface area (Å²) in [5, 5.41) is 7.66. The Labute approximate surface area is 115 Å². The van der Waals surface area contributed by atoms with Gasteiger partial charge in [0.05, 0.1) is 12.4 Å². The highest BCUT2D eigenvalue weighted by Crippen LogP contribution is 2.06. The fourth-order valence-electron chi connectivity index (χ4n) is 1.81. The molecule has 1 aromatic heterocycles. The van der Waals surface area contributed by atoms with Crippen molar-refractivity contribution in [2.75, 3.05) is 11.9 Å². The molecular formula is C12H15N5O3. The van der Waals surface area contributed by atoms with Gasteiger partial charge >= 0.3 is 0 Å². The molecule has 106 valence electrons. The molecule has 0 spiro atoms. The lowest BCUT2D eigenvalue weighted by Gasteiger charge is -2.21. The topological polar surface area (TPSA) is 113 Å². The number of amides is 3. The van der Waals surface area contributed by atoms with Gasteiger partial charge in [0.1, 0.15) is 17.6 Å². The summed E-state index contributed by atoms with van der Waals surface area (Å²) in [4.78, 5) is 42.5. The Morgan fingerprint density at radius 3 is 2.95 bits per heavy atom. The van der Waals surface area contributed by atoms with Crippen molar-refractivity contribution in [1.29, 1.82) is 0 Å². The minimum absolute atomic E-state index is 0.119. The molecule has 0 radical (unpaired) electrons. The number of piperidine rings is 1. The molecule has 2 rings (SSSR count). The highest BCUT2D eigenvalue weighted by Gasteiger charge is 2.28. The van der Waals surface area contributed by atoms with Gasteiger partial charge in [-0.3, -0.25) is 24.7 Å². The Hall–Kier alpha value is -2.51. The SMILES string of the molecule is CCNc1cncc(C(=O)NC2CCC(=O)NC2=O)n1. The van der Waals surface area contributed by atoms with Crippen molar-refractivity contribution in [1.82, 2.24) is 20.6 Å². The van der Waals surface area contributed by atoms with Crippen LogP contribution in [0.15, 0.2) is 12.4 Å². The van der Waals surface area contributed by atoms with Crippen molar-refractivity contribution in [2.45, 2.75) is 25.8 Å². The lowest BCUT2D eigenvalue weighted by atomic mass is 10.1. The summed E-state index contributed by atoms with van der Waals surface area (Å²) in [7, 11) is 0. The van der Waals surface area contributed by atoms with Gasteiger partial charge in [-0.25, -0.2) is 4.98 Å². The third kappa shape index (κ3) is 3.28. The van der Waals surface area contributed by atoms with E-state index in [0.717, 1.165) is 0 Å². The standard InChI is InChI=1S/C12H15N5O3/c1-2-14-9-6-13-5-8(15-9)12(20)16-7-3-4-10(18)17-11(7)19/h5-7H,2-4H2,1H3,(H,14,15)(H,16,20)(H,17,18,19). The zero-order valence-corrected chi connectivity index (χ0v) is 11.0. The van der Waals surface area contributed by atoms with Crippen molar-refractivity contribution in [3.63, 3.8) is 0 Å². The number of imide groups is 1. The van der Waals surface area contributed by atoms with E-state index in [2.05, 4.69) is 25.9 Å². The average molecular weight is 277 g/mol. The third-order valence-corrected chi connectivity index (χ3v) is 2.77. The molecule has 1 unspecified atom stereocenters. The van der Waals surface area contributed by atoms with Crippen LogP contribution in [0, 0.1) is 0 Å². The van der Waals surface area contributed by atoms with Crippen molar-refractivity contribution in [3.8, 4) is 0 Å². The second-order valence-corrected chi connectivity index (χ2v) is 4.30. The molecule has 0 bridgehead atoms. The van der Waals surface area contributed by atoms with Crippen molar-refractivity contribution >= 4 is 23.5 Å². The van der Waals surface area contributed by atoms with E-state index >= 15 is 0 Å². The van der Waals surface area contributed by atoms with Gasteiger partial charge in [-0.05, 0) is 13.3 Å². The molecule has 3 amide bonds. The van der Waals surface area contributed by atoms with E-state index in [1.54, 1.807) is 0 Å². The first-order valence-electron chi connectivity index (χ1n) is 6.30. The number of hydrogen-bond donors (Lipinski definition) is 3. The molecule has 8 nitrogen and oxygen atoms in total. The Balaban J connectivity index is 2.02. The first-order valence-corrected chi connectivity index (χ1v) is 6.30. The van der Waals surface area contributed by atoms with E-state index in [4.69, 9.17) is 0 Å². The minimum Gasteiger partial charge on any atom is -0.369 e. The van der Waals surface area contributed by atoms with Crippen molar-refractivity contribution in [2.24, 2.45) is 0 Å². The van der Waals surface area contributed by atoms with Crippen LogP contribution in [0.2, 0.25) is 0 Å². The molecule has 1 atom stereocenters. The van der Waals surface area contributed by atoms with Crippen molar-refractivity contribution in [3.05, 3.63) is 18.1 Å². The molecule has 1 saturated heterocycles. The van der Waals surface area contributed by atoms with E-state index in [-0.39, 0.29) is 24.4 Å². The number of nitrogens with one attached hydrogen (secondary N) is 3. The summed E-state index contributed by atoms with van der Waals surface area (Å²) in [5.41, 5.74) is 0.119. The lowest BCUT2D eigenvalue weighted by Crippen LogP contribution is -2.52. The molecule has 0 aliphatic carbocycles. The molecule has 1 fully saturated rings. The minimum atomic E-state index is -0.718. The van der Waals surface area contributed by atoms with Crippen LogP contribution in [0.1, 0.15) is 30.3 Å². The highest BCUT2D eigenvalue weighted by molar-refractivity contribution is 6.03. The molecule has 1 aromatic rings. The summed E-state index contributed by atoms with van der Waals surface area (Å²) in [6.45, 7) is 2.56. The number of aromatic nitrogens is 2. The normalized spacial score (nSPS) is 18.4. The fraction of sp³-hybridized carbons (Fsp3) is 0.417. The first kappa shape index (κ1) is 13.9. The van der Waals surface area contributed by atoms with Crippen LogP contribution < -0.4 is 16.0 Å². The van der Waals surface area contributed by atoms with Gasteiger partial charge in [-0.2, -0.15) is 0 Å². The van der Waals surface area contributed by atoms with Gasteiger partial charge in [-0.15, -0.1) is 0 Å². The Morgan fingerprint density at radius 2 is 2.25 bits per heavy atom. The molecule has 2 heterocycles. The maximum Gasteiger partial charge on any atom is 0.272 e. The smallest absolute Gasteiger partial charge is 0.272 e. The number of nitrogens with zero attached hydrogens (tertiary/aromatic N) is 2. The van der Waals surface area contributed by atoms with Crippen LogP contribution in [0.25, 0.3) is 0 Å². The average Bonchev–Trinajstić information content (AvgIpc) is 2.42. The predicted molar refractivity (Wildman–Crippen MR) is 69.8 cm³/mol. The van der Waals surface area contributed by atoms with Gasteiger partial charge < -0.3 is 10.6 Å². The fourth-order valence-corrected chi connectivity index (χ4v) is 1.81. The molecule has 8 heteroatoms. The van der Waals surface area contributed by atoms with Gasteiger partial charge in [0.15, 0.2) is 0 Å². The molecule has 1 aliphatic heterocycles. The van der Waals surface area contributed by atoms with E-state index < -0.39 is 17.9 Å². The van der Waals surface area contributed by atoms with Crippen LogP contribution in [0.3, 0.4) is 0 Å². The van der Waals surface area contributed by atoms with Crippen LogP contribution in [0.5, 0.6) is 0 Å². The van der Waals surface area contributed by atoms with E-state index in [1.807, 2.05) is 6.92 Å². The number of rotatable bonds is 4. The Kier molecular flexibility index (Phi) is 4.24. The predicted octanol–water partition coefficient (Wildman–Crippen LogP) is -0.557. The van der Waals surface area contributed by atoms with Gasteiger partial charge in [0.25, 0.3) is 5.91 Å². The molecule has 20 heavy (non-hydrogen) atoms. The Morgan fingerprint density at radius 1 is 1.45 bits per heavy atom. The molecular weight excluding hydrogens is 262 g/mol.